The highest BCUT2D eigenvalue weighted by atomic mass is 32.2. The summed E-state index contributed by atoms with van der Waals surface area (Å²) in [5.74, 6) is -0.445. The molecule has 0 spiro atoms. The number of hydrogen-bond acceptors (Lipinski definition) is 8. The maximum Gasteiger partial charge on any atom is 0.272 e. The molecule has 1 atom stereocenters. The number of sulfonamides is 1. The Morgan fingerprint density at radius 2 is 2.15 bits per heavy atom. The van der Waals surface area contributed by atoms with Crippen molar-refractivity contribution in [3.63, 3.8) is 0 Å². The van der Waals surface area contributed by atoms with Crippen LogP contribution in [0.15, 0.2) is 29.2 Å². The van der Waals surface area contributed by atoms with E-state index in [4.69, 9.17) is 9.47 Å². The number of nitrogens with zero attached hydrogens (tertiary/aromatic N) is 3. The van der Waals surface area contributed by atoms with Gasteiger partial charge in [0.2, 0.25) is 15.9 Å². The molecule has 0 bridgehead atoms. The summed E-state index contributed by atoms with van der Waals surface area (Å²) >= 11 is 0. The van der Waals surface area contributed by atoms with E-state index in [2.05, 4.69) is 15.1 Å². The number of rotatable bonds is 10. The molecule has 2 N–H and O–H groups in total. The van der Waals surface area contributed by atoms with Crippen LogP contribution in [0, 0.1) is 16.0 Å². The van der Waals surface area contributed by atoms with Crippen molar-refractivity contribution in [3.05, 3.63) is 40.1 Å². The second-order valence-corrected chi connectivity index (χ2v) is 9.81. The van der Waals surface area contributed by atoms with Gasteiger partial charge in [0.05, 0.1) is 11.0 Å². The van der Waals surface area contributed by atoms with Crippen molar-refractivity contribution in [1.82, 2.24) is 19.8 Å². The molecule has 180 valence electrons. The van der Waals surface area contributed by atoms with Crippen LogP contribution in [0.25, 0.3) is 0 Å². The second-order valence-electron chi connectivity index (χ2n) is 8.07. The molecule has 2 heterocycles. The first-order valence-corrected chi connectivity index (χ1v) is 11.9. The molecule has 0 aliphatic carbocycles. The molecular formula is C20H27N5O7S. The third kappa shape index (κ3) is 6.27. The molecular weight excluding hydrogens is 454 g/mol. The Kier molecular flexibility index (Phi) is 7.66. The molecule has 33 heavy (non-hydrogen) atoms. The Morgan fingerprint density at radius 3 is 2.79 bits per heavy atom. The molecule has 1 aliphatic heterocycles. The van der Waals surface area contributed by atoms with Gasteiger partial charge in [0.25, 0.3) is 11.6 Å². The lowest BCUT2D eigenvalue weighted by molar-refractivity contribution is -0.385. The Hall–Kier alpha value is -3.03. The molecule has 1 aliphatic rings. The monoisotopic (exact) mass is 481 g/mol. The van der Waals surface area contributed by atoms with Crippen LogP contribution in [0.3, 0.4) is 0 Å². The fraction of sp³-hybridized carbons (Fsp3) is 0.500. The van der Waals surface area contributed by atoms with Crippen molar-refractivity contribution in [2.75, 3.05) is 19.7 Å². The lowest BCUT2D eigenvalue weighted by Gasteiger charge is -2.13. The van der Waals surface area contributed by atoms with Gasteiger partial charge in [-0.25, -0.2) is 17.8 Å². The van der Waals surface area contributed by atoms with Crippen molar-refractivity contribution in [1.29, 1.82) is 0 Å². The smallest absolute Gasteiger partial charge is 0.272 e. The lowest BCUT2D eigenvalue weighted by atomic mass is 10.2. The SMILES string of the molecule is CC(C)CNS(=O)(=O)c1cc([N+](=O)[O-])ccc1Oc1cc(C(=O)NCC2CCCO2)nn1C. The zero-order chi connectivity index (χ0) is 24.2. The van der Waals surface area contributed by atoms with E-state index in [0.717, 1.165) is 25.0 Å². The zero-order valence-corrected chi connectivity index (χ0v) is 19.4. The van der Waals surface area contributed by atoms with Crippen molar-refractivity contribution in [3.8, 4) is 11.6 Å². The summed E-state index contributed by atoms with van der Waals surface area (Å²) in [6, 6.07) is 4.64. The Labute approximate surface area is 191 Å². The van der Waals surface area contributed by atoms with Gasteiger partial charge in [-0.15, -0.1) is 0 Å². The molecule has 0 saturated carbocycles. The van der Waals surface area contributed by atoms with Crippen molar-refractivity contribution in [2.45, 2.75) is 37.7 Å². The molecule has 0 radical (unpaired) electrons. The number of aromatic nitrogens is 2. The predicted molar refractivity (Wildman–Crippen MR) is 118 cm³/mol. The molecule has 12 nitrogen and oxygen atoms in total. The van der Waals surface area contributed by atoms with Gasteiger partial charge in [-0.1, -0.05) is 13.8 Å². The number of nitro benzene ring substituents is 1. The molecule has 1 unspecified atom stereocenters. The summed E-state index contributed by atoms with van der Waals surface area (Å²) in [7, 11) is -2.57. The van der Waals surface area contributed by atoms with Crippen LogP contribution >= 0.6 is 0 Å². The van der Waals surface area contributed by atoms with Crippen LogP contribution in [-0.2, 0) is 21.8 Å². The van der Waals surface area contributed by atoms with Gasteiger partial charge < -0.3 is 14.8 Å². The van der Waals surface area contributed by atoms with E-state index in [-0.39, 0.29) is 40.8 Å². The normalized spacial score (nSPS) is 16.2. The Balaban J connectivity index is 1.83. The van der Waals surface area contributed by atoms with Gasteiger partial charge in [-0.2, -0.15) is 5.10 Å². The van der Waals surface area contributed by atoms with E-state index in [9.17, 15) is 23.3 Å². The number of nitro groups is 1. The maximum atomic E-state index is 12.8. The fourth-order valence-corrected chi connectivity index (χ4v) is 4.49. The summed E-state index contributed by atoms with van der Waals surface area (Å²) < 4.78 is 40.5. The highest BCUT2D eigenvalue weighted by Gasteiger charge is 2.25. The number of hydrogen-bond donors (Lipinski definition) is 2. The molecule has 2 aromatic rings. The van der Waals surface area contributed by atoms with E-state index >= 15 is 0 Å². The van der Waals surface area contributed by atoms with Crippen molar-refractivity contribution in [2.24, 2.45) is 13.0 Å². The van der Waals surface area contributed by atoms with Gasteiger partial charge in [-0.3, -0.25) is 14.9 Å². The van der Waals surface area contributed by atoms with E-state index < -0.39 is 26.5 Å². The highest BCUT2D eigenvalue weighted by molar-refractivity contribution is 7.89. The number of benzene rings is 1. The number of nitrogens with one attached hydrogen (secondary N) is 2. The standard InChI is InChI=1S/C20H27N5O7S/c1-13(2)11-22-33(29,30)18-9-14(25(27)28)6-7-17(18)32-19-10-16(23-24(19)3)20(26)21-12-15-5-4-8-31-15/h6-7,9-10,13,15,22H,4-5,8,11-12H2,1-3H3,(H,21,26). The quantitative estimate of drug-likeness (QED) is 0.385. The van der Waals surface area contributed by atoms with Crippen LogP contribution in [0.1, 0.15) is 37.2 Å². The summed E-state index contributed by atoms with van der Waals surface area (Å²) in [6.07, 6.45) is 1.80. The minimum atomic E-state index is -4.10. The second kappa shape index (κ2) is 10.3. The molecule has 13 heteroatoms. The predicted octanol–water partition coefficient (Wildman–Crippen LogP) is 1.96. The minimum Gasteiger partial charge on any atom is -0.438 e. The molecule has 1 aromatic heterocycles. The maximum absolute atomic E-state index is 12.8. The van der Waals surface area contributed by atoms with Gasteiger partial charge in [0, 0.05) is 44.9 Å². The number of aryl methyl sites for hydroxylation is 1. The lowest BCUT2D eigenvalue weighted by Crippen LogP contribution is -2.32. The van der Waals surface area contributed by atoms with Crippen LogP contribution < -0.4 is 14.8 Å². The van der Waals surface area contributed by atoms with Crippen molar-refractivity contribution < 1.29 is 27.6 Å². The van der Waals surface area contributed by atoms with Gasteiger partial charge in [-0.05, 0) is 24.8 Å². The number of ether oxygens (including phenoxy) is 2. The molecule has 3 rings (SSSR count). The summed E-state index contributed by atoms with van der Waals surface area (Å²) in [5, 5.41) is 18.1. The van der Waals surface area contributed by atoms with Crippen molar-refractivity contribution >= 4 is 21.6 Å². The third-order valence-corrected chi connectivity index (χ3v) is 6.35. The number of carbonyl (C=O) groups is 1. The first-order chi connectivity index (χ1) is 15.6. The summed E-state index contributed by atoms with van der Waals surface area (Å²) in [5.41, 5.74) is -0.318. The molecule has 1 aromatic carbocycles. The van der Waals surface area contributed by atoms with Crippen LogP contribution in [0.2, 0.25) is 0 Å². The Morgan fingerprint density at radius 1 is 1.39 bits per heavy atom. The number of non-ortho nitro benzene ring substituents is 1. The number of carbonyl (C=O) groups excluding carboxylic acids is 1. The van der Waals surface area contributed by atoms with E-state index in [1.54, 1.807) is 0 Å². The molecule has 1 fully saturated rings. The topological polar surface area (TPSA) is 155 Å². The molecule has 1 saturated heterocycles. The average Bonchev–Trinajstić information content (AvgIpc) is 3.41. The third-order valence-electron chi connectivity index (χ3n) is 4.91. The highest BCUT2D eigenvalue weighted by Crippen LogP contribution is 2.32. The van der Waals surface area contributed by atoms with Crippen LogP contribution in [0.4, 0.5) is 5.69 Å². The first-order valence-electron chi connectivity index (χ1n) is 10.5. The van der Waals surface area contributed by atoms with Gasteiger partial charge >= 0.3 is 0 Å². The Bertz CT molecular complexity index is 1120. The average molecular weight is 482 g/mol. The van der Waals surface area contributed by atoms with E-state index in [1.165, 1.54) is 23.9 Å². The van der Waals surface area contributed by atoms with E-state index in [1.807, 2.05) is 13.8 Å². The fourth-order valence-electron chi connectivity index (χ4n) is 3.13. The van der Waals surface area contributed by atoms with Crippen LogP contribution in [0.5, 0.6) is 11.6 Å². The summed E-state index contributed by atoms with van der Waals surface area (Å²) in [6.45, 7) is 4.83. The first kappa shape index (κ1) is 24.6. The number of amides is 1. The van der Waals surface area contributed by atoms with Gasteiger partial charge in [0.15, 0.2) is 5.69 Å². The summed E-state index contributed by atoms with van der Waals surface area (Å²) in [4.78, 5) is 22.5. The minimum absolute atomic E-state index is 0.0237. The van der Waals surface area contributed by atoms with Gasteiger partial charge in [0.1, 0.15) is 10.6 Å². The molecule has 1 amide bonds. The zero-order valence-electron chi connectivity index (χ0n) is 18.6. The largest absolute Gasteiger partial charge is 0.438 e. The van der Waals surface area contributed by atoms with E-state index in [0.29, 0.717) is 13.2 Å². The van der Waals surface area contributed by atoms with Crippen LogP contribution in [-0.4, -0.2) is 54.8 Å².